The normalized spacial score (nSPS) is 14.3. The summed E-state index contributed by atoms with van der Waals surface area (Å²) < 4.78 is 13.2. The molecule has 3 rings (SSSR count). The number of thioether (sulfide) groups is 1. The van der Waals surface area contributed by atoms with Gasteiger partial charge in [-0.25, -0.2) is 4.39 Å². The monoisotopic (exact) mass is 394 g/mol. The van der Waals surface area contributed by atoms with E-state index in [2.05, 4.69) is 15.5 Å². The molecule has 1 aliphatic heterocycles. The molecule has 1 fully saturated rings. The molecule has 0 bridgehead atoms. The fraction of sp³-hybridized carbons (Fsp3) is 0.412. The number of nitrogens with zero attached hydrogens (tertiary/aromatic N) is 3. The number of likely N-dealkylation sites (tertiary alicyclic amines) is 1. The topological polar surface area (TPSA) is 75.2 Å². The Hall–Kier alpha value is -2.00. The van der Waals surface area contributed by atoms with Crippen molar-refractivity contribution in [3.63, 3.8) is 0 Å². The van der Waals surface area contributed by atoms with Crippen molar-refractivity contribution >= 4 is 40.6 Å². The minimum Gasteiger partial charge on any atom is -0.342 e. The van der Waals surface area contributed by atoms with Crippen LogP contribution in [0.4, 0.5) is 10.1 Å². The lowest BCUT2D eigenvalue weighted by Crippen LogP contribution is -2.36. The quantitative estimate of drug-likeness (QED) is 0.814. The Morgan fingerprint density at radius 1 is 1.23 bits per heavy atom. The summed E-state index contributed by atoms with van der Waals surface area (Å²) in [5, 5.41) is 11.4. The Balaban J connectivity index is 1.46. The van der Waals surface area contributed by atoms with Crippen LogP contribution in [0, 0.1) is 5.82 Å². The van der Waals surface area contributed by atoms with Crippen molar-refractivity contribution < 1.29 is 14.0 Å². The summed E-state index contributed by atoms with van der Waals surface area (Å²) in [6, 6.07) is 5.67. The highest BCUT2D eigenvalue weighted by atomic mass is 32.2. The first-order valence-electron chi connectivity index (χ1n) is 8.36. The van der Waals surface area contributed by atoms with Crippen LogP contribution in [0.5, 0.6) is 0 Å². The third-order valence-electron chi connectivity index (χ3n) is 3.90. The highest BCUT2D eigenvalue weighted by Gasteiger charge is 2.17. The molecule has 1 aromatic heterocycles. The Labute approximate surface area is 159 Å². The fourth-order valence-corrected chi connectivity index (χ4v) is 4.32. The molecule has 0 aliphatic carbocycles. The molecule has 9 heteroatoms. The average molecular weight is 394 g/mol. The molecule has 2 heterocycles. The second-order valence-electron chi connectivity index (χ2n) is 5.90. The van der Waals surface area contributed by atoms with Gasteiger partial charge < -0.3 is 10.2 Å². The molecule has 1 N–H and O–H groups in total. The van der Waals surface area contributed by atoms with Gasteiger partial charge in [0, 0.05) is 24.5 Å². The van der Waals surface area contributed by atoms with Gasteiger partial charge in [-0.3, -0.25) is 9.59 Å². The molecule has 0 atom stereocenters. The number of rotatable bonds is 6. The maximum atomic E-state index is 13.2. The number of piperidine rings is 1. The van der Waals surface area contributed by atoms with E-state index < -0.39 is 11.7 Å². The van der Waals surface area contributed by atoms with Crippen molar-refractivity contribution in [2.75, 3.05) is 24.2 Å². The van der Waals surface area contributed by atoms with Gasteiger partial charge in [0.15, 0.2) is 0 Å². The number of benzene rings is 1. The number of amides is 2. The van der Waals surface area contributed by atoms with E-state index >= 15 is 0 Å². The number of aromatic nitrogens is 2. The van der Waals surface area contributed by atoms with E-state index in [0.29, 0.717) is 22.2 Å². The molecule has 0 saturated carbocycles. The molecule has 0 spiro atoms. The summed E-state index contributed by atoms with van der Waals surface area (Å²) in [4.78, 5) is 26.2. The minimum absolute atomic E-state index is 0.156. The van der Waals surface area contributed by atoms with Gasteiger partial charge in [0.2, 0.25) is 10.9 Å². The predicted molar refractivity (Wildman–Crippen MR) is 101 cm³/mol. The Morgan fingerprint density at radius 2 is 2.04 bits per heavy atom. The smallest absolute Gasteiger partial charge is 0.286 e. The van der Waals surface area contributed by atoms with Crippen molar-refractivity contribution in [3.05, 3.63) is 40.1 Å². The number of nitrogens with one attached hydrogen (secondary N) is 1. The zero-order chi connectivity index (χ0) is 18.4. The third kappa shape index (κ3) is 5.25. The van der Waals surface area contributed by atoms with E-state index in [0.717, 1.165) is 25.9 Å². The Bertz CT molecular complexity index is 778. The predicted octanol–water partition coefficient (Wildman–Crippen LogP) is 3.18. The van der Waals surface area contributed by atoms with Gasteiger partial charge in [-0.2, -0.15) is 0 Å². The molecule has 2 amide bonds. The van der Waals surface area contributed by atoms with Crippen LogP contribution in [0.25, 0.3) is 0 Å². The van der Waals surface area contributed by atoms with Crippen LogP contribution in [0.15, 0.2) is 24.3 Å². The second kappa shape index (κ2) is 9.09. The lowest BCUT2D eigenvalue weighted by atomic mass is 10.1. The van der Waals surface area contributed by atoms with Gasteiger partial charge in [-0.05, 0) is 37.5 Å². The van der Waals surface area contributed by atoms with Crippen LogP contribution in [0.3, 0.4) is 0 Å². The average Bonchev–Trinajstić information content (AvgIpc) is 3.11. The van der Waals surface area contributed by atoms with Crippen molar-refractivity contribution in [3.8, 4) is 0 Å². The van der Waals surface area contributed by atoms with Gasteiger partial charge in [-0.1, -0.05) is 17.4 Å². The SMILES string of the molecule is O=C(Nc1cccc(F)c1)c1nnc(CSCC(=O)N2CCCCC2)s1. The van der Waals surface area contributed by atoms with Gasteiger partial charge in [0.05, 0.1) is 5.75 Å². The molecular formula is C17H19FN4O2S2. The van der Waals surface area contributed by atoms with E-state index in [4.69, 9.17) is 0 Å². The highest BCUT2D eigenvalue weighted by molar-refractivity contribution is 7.99. The minimum atomic E-state index is -0.422. The van der Waals surface area contributed by atoms with Gasteiger partial charge in [-0.15, -0.1) is 22.0 Å². The molecule has 138 valence electrons. The van der Waals surface area contributed by atoms with Crippen LogP contribution >= 0.6 is 23.1 Å². The Morgan fingerprint density at radius 3 is 2.81 bits per heavy atom. The Kier molecular flexibility index (Phi) is 6.56. The molecule has 0 unspecified atom stereocenters. The lowest BCUT2D eigenvalue weighted by Gasteiger charge is -2.26. The number of hydrogen-bond donors (Lipinski definition) is 1. The second-order valence-corrected chi connectivity index (χ2v) is 7.95. The van der Waals surface area contributed by atoms with Crippen molar-refractivity contribution in [2.24, 2.45) is 0 Å². The van der Waals surface area contributed by atoms with E-state index in [1.54, 1.807) is 6.07 Å². The lowest BCUT2D eigenvalue weighted by molar-refractivity contribution is -0.129. The van der Waals surface area contributed by atoms with Gasteiger partial charge >= 0.3 is 0 Å². The fourth-order valence-electron chi connectivity index (χ4n) is 2.61. The summed E-state index contributed by atoms with van der Waals surface area (Å²) >= 11 is 2.65. The highest BCUT2D eigenvalue weighted by Crippen LogP contribution is 2.19. The molecule has 6 nitrogen and oxygen atoms in total. The molecule has 1 saturated heterocycles. The van der Waals surface area contributed by atoms with E-state index in [9.17, 15) is 14.0 Å². The van der Waals surface area contributed by atoms with Gasteiger partial charge in [0.1, 0.15) is 10.8 Å². The summed E-state index contributed by atoms with van der Waals surface area (Å²) in [6.07, 6.45) is 3.36. The van der Waals surface area contributed by atoms with E-state index in [1.165, 1.54) is 47.7 Å². The first-order valence-corrected chi connectivity index (χ1v) is 10.3. The van der Waals surface area contributed by atoms with Crippen LogP contribution in [0.1, 0.15) is 34.1 Å². The molecule has 1 aromatic carbocycles. The molecule has 2 aromatic rings. The third-order valence-corrected chi connectivity index (χ3v) is 5.94. The van der Waals surface area contributed by atoms with E-state index in [-0.39, 0.29) is 10.9 Å². The van der Waals surface area contributed by atoms with Crippen LogP contribution < -0.4 is 5.32 Å². The zero-order valence-electron chi connectivity index (χ0n) is 14.1. The number of hydrogen-bond acceptors (Lipinski definition) is 6. The van der Waals surface area contributed by atoms with Crippen LogP contribution in [-0.2, 0) is 10.5 Å². The summed E-state index contributed by atoms with van der Waals surface area (Å²) in [7, 11) is 0. The summed E-state index contributed by atoms with van der Waals surface area (Å²) in [5.74, 6) is 0.252. The number of halogens is 1. The molecule has 0 radical (unpaired) electrons. The van der Waals surface area contributed by atoms with Crippen molar-refractivity contribution in [1.82, 2.24) is 15.1 Å². The molecule has 1 aliphatic rings. The number of anilines is 1. The number of carbonyl (C=O) groups excluding carboxylic acids is 2. The summed E-state index contributed by atoms with van der Waals surface area (Å²) in [5.41, 5.74) is 0.369. The number of carbonyl (C=O) groups is 2. The first kappa shape index (κ1) is 18.8. The van der Waals surface area contributed by atoms with Crippen molar-refractivity contribution in [1.29, 1.82) is 0 Å². The van der Waals surface area contributed by atoms with Gasteiger partial charge in [0.25, 0.3) is 5.91 Å². The van der Waals surface area contributed by atoms with Crippen molar-refractivity contribution in [2.45, 2.75) is 25.0 Å². The first-order chi connectivity index (χ1) is 12.6. The van der Waals surface area contributed by atoms with E-state index in [1.807, 2.05) is 4.90 Å². The van der Waals surface area contributed by atoms with Crippen LogP contribution in [0.2, 0.25) is 0 Å². The molecule has 26 heavy (non-hydrogen) atoms. The zero-order valence-corrected chi connectivity index (χ0v) is 15.7. The van der Waals surface area contributed by atoms with Crippen LogP contribution in [-0.4, -0.2) is 45.8 Å². The molecular weight excluding hydrogens is 375 g/mol. The summed E-state index contributed by atoms with van der Waals surface area (Å²) in [6.45, 7) is 1.70. The maximum Gasteiger partial charge on any atom is 0.286 e. The largest absolute Gasteiger partial charge is 0.342 e. The standard InChI is InChI=1S/C17H19FN4O2S2/c18-12-5-4-6-13(9-12)19-16(24)17-21-20-14(26-17)10-25-11-15(23)22-7-2-1-3-8-22/h4-6,9H,1-3,7-8,10-11H2,(H,19,24). The maximum absolute atomic E-state index is 13.2.